The molecule has 0 fully saturated rings. The Morgan fingerprint density at radius 2 is 2.33 bits per heavy atom. The van der Waals surface area contributed by atoms with E-state index in [1.807, 2.05) is 18.4 Å². The molecular formula is C10H12ClNOS2. The van der Waals surface area contributed by atoms with Gasteiger partial charge in [-0.1, -0.05) is 29.9 Å². The lowest BCUT2D eigenvalue weighted by Gasteiger charge is -2.11. The third-order valence-corrected chi connectivity index (χ3v) is 2.86. The van der Waals surface area contributed by atoms with E-state index in [1.54, 1.807) is 17.8 Å². The first kappa shape index (κ1) is 12.6. The molecule has 5 heteroatoms. The van der Waals surface area contributed by atoms with Crippen molar-refractivity contribution in [3.05, 3.63) is 28.8 Å². The van der Waals surface area contributed by atoms with Crippen LogP contribution in [0.2, 0.25) is 5.02 Å². The highest BCUT2D eigenvalue weighted by atomic mass is 35.5. The van der Waals surface area contributed by atoms with Gasteiger partial charge in [0.15, 0.2) is 0 Å². The third kappa shape index (κ3) is 3.55. The fourth-order valence-corrected chi connectivity index (χ4v) is 1.88. The lowest BCUT2D eigenvalue weighted by Crippen LogP contribution is -2.13. The van der Waals surface area contributed by atoms with Crippen molar-refractivity contribution in [1.82, 2.24) is 0 Å². The van der Waals surface area contributed by atoms with E-state index in [2.05, 4.69) is 0 Å². The Morgan fingerprint density at radius 1 is 1.60 bits per heavy atom. The molecule has 0 radical (unpaired) electrons. The summed E-state index contributed by atoms with van der Waals surface area (Å²) in [6, 6.07) is 5.39. The van der Waals surface area contributed by atoms with Crippen molar-refractivity contribution in [3.8, 4) is 5.75 Å². The number of hydrogen-bond donors (Lipinski definition) is 1. The smallest absolute Gasteiger partial charge is 0.131 e. The van der Waals surface area contributed by atoms with E-state index in [1.165, 1.54) is 0 Å². The lowest BCUT2D eigenvalue weighted by atomic mass is 10.2. The van der Waals surface area contributed by atoms with Crippen molar-refractivity contribution in [2.75, 3.05) is 18.6 Å². The maximum atomic E-state index is 5.98. The minimum atomic E-state index is 0.264. The van der Waals surface area contributed by atoms with Gasteiger partial charge in [0.1, 0.15) is 10.7 Å². The van der Waals surface area contributed by atoms with Crippen molar-refractivity contribution in [2.24, 2.45) is 5.73 Å². The standard InChI is InChI=1S/C10H12ClNOS2/c1-15-6-5-13-8-4-2-3-7(11)9(8)10(12)14/h2-4H,5-6H2,1H3,(H2,12,14). The Labute approximate surface area is 104 Å². The Kier molecular flexibility index (Phi) is 5.22. The molecular weight excluding hydrogens is 250 g/mol. The van der Waals surface area contributed by atoms with Gasteiger partial charge in [-0.05, 0) is 18.4 Å². The molecule has 0 saturated carbocycles. The van der Waals surface area contributed by atoms with Crippen LogP contribution in [0.15, 0.2) is 18.2 Å². The van der Waals surface area contributed by atoms with Gasteiger partial charge in [0.2, 0.25) is 0 Å². The molecule has 0 heterocycles. The quantitative estimate of drug-likeness (QED) is 0.653. The highest BCUT2D eigenvalue weighted by Crippen LogP contribution is 2.26. The molecule has 15 heavy (non-hydrogen) atoms. The second kappa shape index (κ2) is 6.20. The minimum Gasteiger partial charge on any atom is -0.492 e. The van der Waals surface area contributed by atoms with E-state index in [-0.39, 0.29) is 4.99 Å². The minimum absolute atomic E-state index is 0.264. The topological polar surface area (TPSA) is 35.2 Å². The summed E-state index contributed by atoms with van der Waals surface area (Å²) in [6.45, 7) is 0.622. The van der Waals surface area contributed by atoms with E-state index in [9.17, 15) is 0 Å². The molecule has 82 valence electrons. The highest BCUT2D eigenvalue weighted by Gasteiger charge is 2.10. The fourth-order valence-electron chi connectivity index (χ4n) is 1.10. The molecule has 0 aliphatic carbocycles. The van der Waals surface area contributed by atoms with Crippen molar-refractivity contribution in [2.45, 2.75) is 0 Å². The molecule has 2 N–H and O–H groups in total. The molecule has 0 aliphatic rings. The molecule has 0 unspecified atom stereocenters. The third-order valence-electron chi connectivity index (χ3n) is 1.77. The largest absolute Gasteiger partial charge is 0.492 e. The van der Waals surface area contributed by atoms with Crippen LogP contribution in [0.5, 0.6) is 5.75 Å². The Hall–Kier alpha value is -0.450. The van der Waals surface area contributed by atoms with Gasteiger partial charge in [-0.15, -0.1) is 0 Å². The van der Waals surface area contributed by atoms with Crippen molar-refractivity contribution >= 4 is 40.6 Å². The summed E-state index contributed by atoms with van der Waals surface area (Å²) in [5.41, 5.74) is 6.20. The Morgan fingerprint density at radius 3 is 2.93 bits per heavy atom. The van der Waals surface area contributed by atoms with Crippen LogP contribution in [0.3, 0.4) is 0 Å². The zero-order valence-electron chi connectivity index (χ0n) is 8.33. The Balaban J connectivity index is 2.86. The second-order valence-corrected chi connectivity index (χ2v) is 4.65. The molecule has 1 rings (SSSR count). The summed E-state index contributed by atoms with van der Waals surface area (Å²) in [6.07, 6.45) is 2.02. The number of rotatable bonds is 5. The van der Waals surface area contributed by atoms with Gasteiger partial charge in [0, 0.05) is 5.75 Å². The van der Waals surface area contributed by atoms with E-state index >= 15 is 0 Å². The fraction of sp³-hybridized carbons (Fsp3) is 0.300. The average molecular weight is 262 g/mol. The molecule has 0 aromatic heterocycles. The number of nitrogens with two attached hydrogens (primary N) is 1. The zero-order chi connectivity index (χ0) is 11.3. The molecule has 0 atom stereocenters. The van der Waals surface area contributed by atoms with Gasteiger partial charge in [-0.2, -0.15) is 11.8 Å². The lowest BCUT2D eigenvalue weighted by molar-refractivity contribution is 0.343. The Bertz CT molecular complexity index is 357. The molecule has 0 aliphatic heterocycles. The summed E-state index contributed by atoms with van der Waals surface area (Å²) in [5.74, 6) is 1.58. The summed E-state index contributed by atoms with van der Waals surface area (Å²) in [7, 11) is 0. The number of halogens is 1. The molecule has 0 saturated heterocycles. The maximum absolute atomic E-state index is 5.98. The summed E-state index contributed by atoms with van der Waals surface area (Å²) in [5, 5.41) is 0.532. The van der Waals surface area contributed by atoms with E-state index in [4.69, 9.17) is 34.3 Å². The number of ether oxygens (including phenoxy) is 1. The van der Waals surface area contributed by atoms with E-state index < -0.39 is 0 Å². The number of hydrogen-bond acceptors (Lipinski definition) is 3. The summed E-state index contributed by atoms with van der Waals surface area (Å²) >= 11 is 12.6. The summed E-state index contributed by atoms with van der Waals surface area (Å²) in [4.78, 5) is 0.264. The first-order valence-electron chi connectivity index (χ1n) is 4.37. The monoisotopic (exact) mass is 261 g/mol. The van der Waals surface area contributed by atoms with Crippen LogP contribution >= 0.6 is 35.6 Å². The maximum Gasteiger partial charge on any atom is 0.131 e. The van der Waals surface area contributed by atoms with Gasteiger partial charge in [0.05, 0.1) is 17.2 Å². The van der Waals surface area contributed by atoms with Crippen LogP contribution in [0, 0.1) is 0 Å². The molecule has 1 aromatic rings. The predicted molar refractivity (Wildman–Crippen MR) is 71.2 cm³/mol. The first-order chi connectivity index (χ1) is 7.16. The van der Waals surface area contributed by atoms with Crippen LogP contribution in [-0.2, 0) is 0 Å². The van der Waals surface area contributed by atoms with Gasteiger partial charge < -0.3 is 10.5 Å². The van der Waals surface area contributed by atoms with Crippen molar-refractivity contribution in [3.63, 3.8) is 0 Å². The van der Waals surface area contributed by atoms with Crippen LogP contribution in [0.4, 0.5) is 0 Å². The van der Waals surface area contributed by atoms with Crippen LogP contribution in [0.1, 0.15) is 5.56 Å². The molecule has 2 nitrogen and oxygen atoms in total. The van der Waals surface area contributed by atoms with Gasteiger partial charge in [0.25, 0.3) is 0 Å². The SMILES string of the molecule is CSCCOc1cccc(Cl)c1C(N)=S. The first-order valence-corrected chi connectivity index (χ1v) is 6.55. The molecule has 1 aromatic carbocycles. The van der Waals surface area contributed by atoms with Gasteiger partial charge in [-0.3, -0.25) is 0 Å². The normalized spacial score (nSPS) is 10.0. The molecule has 0 spiro atoms. The van der Waals surface area contributed by atoms with Crippen LogP contribution < -0.4 is 10.5 Å². The molecule has 0 amide bonds. The highest BCUT2D eigenvalue weighted by molar-refractivity contribution is 7.98. The van der Waals surface area contributed by atoms with Crippen molar-refractivity contribution in [1.29, 1.82) is 0 Å². The average Bonchev–Trinajstić information content (AvgIpc) is 2.17. The number of benzene rings is 1. The number of thioether (sulfide) groups is 1. The summed E-state index contributed by atoms with van der Waals surface area (Å²) < 4.78 is 5.55. The zero-order valence-corrected chi connectivity index (χ0v) is 10.7. The van der Waals surface area contributed by atoms with Crippen LogP contribution in [0.25, 0.3) is 0 Å². The van der Waals surface area contributed by atoms with Crippen LogP contribution in [-0.4, -0.2) is 23.6 Å². The van der Waals surface area contributed by atoms with Crippen molar-refractivity contribution < 1.29 is 4.74 Å². The van der Waals surface area contributed by atoms with E-state index in [0.717, 1.165) is 5.75 Å². The van der Waals surface area contributed by atoms with Gasteiger partial charge >= 0.3 is 0 Å². The number of thiocarbonyl (C=S) groups is 1. The molecule has 0 bridgehead atoms. The second-order valence-electron chi connectivity index (χ2n) is 2.82. The predicted octanol–water partition coefficient (Wildman–Crippen LogP) is 2.72. The van der Waals surface area contributed by atoms with Gasteiger partial charge in [-0.25, -0.2) is 0 Å². The van der Waals surface area contributed by atoms with E-state index in [0.29, 0.717) is 22.9 Å².